The number of hydrogen-bond donors (Lipinski definition) is 2. The first-order valence-electron chi connectivity index (χ1n) is 10.1. The number of aliphatic hydroxyl groups excluding tert-OH is 1. The van der Waals surface area contributed by atoms with E-state index in [0.29, 0.717) is 41.2 Å². The van der Waals surface area contributed by atoms with Crippen LogP contribution in [0, 0.1) is 24.2 Å². The molecule has 1 aromatic carbocycles. The highest BCUT2D eigenvalue weighted by Gasteiger charge is 2.31. The number of carbonyl (C=O) groups excluding carboxylic acids is 1. The molecule has 3 unspecified atom stereocenters. The van der Waals surface area contributed by atoms with Crippen molar-refractivity contribution in [1.29, 1.82) is 5.26 Å². The largest absolute Gasteiger partial charge is 0.392 e. The van der Waals surface area contributed by atoms with E-state index in [1.54, 1.807) is 35.1 Å². The molecule has 0 bridgehead atoms. The van der Waals surface area contributed by atoms with Gasteiger partial charge in [-0.1, -0.05) is 11.6 Å². The fraction of sp³-hybridized carbons (Fsp3) is 0.304. The third kappa shape index (κ3) is 4.46. The average molecular weight is 436 g/mol. The van der Waals surface area contributed by atoms with Gasteiger partial charge in [-0.15, -0.1) is 0 Å². The van der Waals surface area contributed by atoms with E-state index >= 15 is 0 Å². The maximum atomic E-state index is 12.8. The van der Waals surface area contributed by atoms with Crippen molar-refractivity contribution in [3.63, 3.8) is 0 Å². The monoisotopic (exact) mass is 435 g/mol. The number of nitriles is 1. The fourth-order valence-electron chi connectivity index (χ4n) is 3.96. The Morgan fingerprint density at radius 2 is 2.00 bits per heavy atom. The van der Waals surface area contributed by atoms with E-state index in [4.69, 9.17) is 11.6 Å². The van der Waals surface area contributed by atoms with Crippen molar-refractivity contribution in [3.8, 4) is 11.8 Å². The number of rotatable bonds is 4. The second kappa shape index (κ2) is 8.88. The zero-order valence-corrected chi connectivity index (χ0v) is 17.8. The van der Waals surface area contributed by atoms with E-state index in [1.807, 2.05) is 19.1 Å². The molecule has 0 spiro atoms. The number of pyridine rings is 1. The Balaban J connectivity index is 1.47. The molecular formula is C23H22ClN5O2. The van der Waals surface area contributed by atoms with Gasteiger partial charge in [0.05, 0.1) is 47.2 Å². The molecule has 158 valence electrons. The van der Waals surface area contributed by atoms with E-state index in [2.05, 4.69) is 21.5 Å². The third-order valence-corrected chi connectivity index (χ3v) is 6.00. The van der Waals surface area contributed by atoms with E-state index in [9.17, 15) is 15.2 Å². The standard InChI is InChI=1S/C23H22ClN5O2/c1-14-20(13-27-29(14)18-6-3-16(24)4-7-18)23(31)28-17-5-8-21(26-12-17)19-10-15(11-25)2-9-22(19)30/h3-8,12-13,15,19,22,30H,2,9-10H2,1H3,(H,28,31). The molecule has 1 aliphatic carbocycles. The van der Waals surface area contributed by atoms with Gasteiger partial charge in [-0.05, 0) is 62.6 Å². The molecule has 1 amide bonds. The highest BCUT2D eigenvalue weighted by Crippen LogP contribution is 2.35. The molecule has 1 aliphatic rings. The predicted molar refractivity (Wildman–Crippen MR) is 117 cm³/mol. The van der Waals surface area contributed by atoms with Crippen LogP contribution in [0.15, 0.2) is 48.8 Å². The molecule has 8 heteroatoms. The van der Waals surface area contributed by atoms with Crippen molar-refractivity contribution < 1.29 is 9.90 Å². The van der Waals surface area contributed by atoms with Gasteiger partial charge in [0.1, 0.15) is 0 Å². The molecule has 31 heavy (non-hydrogen) atoms. The Labute approximate surface area is 185 Å². The molecule has 1 fully saturated rings. The number of nitrogens with one attached hydrogen (secondary N) is 1. The molecule has 3 atom stereocenters. The first kappa shape index (κ1) is 21.0. The lowest BCUT2D eigenvalue weighted by Crippen LogP contribution is -2.27. The van der Waals surface area contributed by atoms with Gasteiger partial charge < -0.3 is 10.4 Å². The summed E-state index contributed by atoms with van der Waals surface area (Å²) in [6.45, 7) is 1.83. The summed E-state index contributed by atoms with van der Waals surface area (Å²) in [5.74, 6) is -0.507. The Bertz CT molecular complexity index is 1120. The van der Waals surface area contributed by atoms with Crippen LogP contribution in [0.25, 0.3) is 5.69 Å². The molecule has 0 aliphatic heterocycles. The van der Waals surface area contributed by atoms with Crippen LogP contribution in [0.1, 0.15) is 46.9 Å². The molecule has 4 rings (SSSR count). The fourth-order valence-corrected chi connectivity index (χ4v) is 4.09. The Morgan fingerprint density at radius 1 is 1.23 bits per heavy atom. The lowest BCUT2D eigenvalue weighted by atomic mass is 9.78. The molecule has 2 aromatic heterocycles. The number of hydrogen-bond acceptors (Lipinski definition) is 5. The number of nitrogens with zero attached hydrogens (tertiary/aromatic N) is 4. The first-order valence-corrected chi connectivity index (χ1v) is 10.5. The van der Waals surface area contributed by atoms with Crippen LogP contribution < -0.4 is 5.32 Å². The van der Waals surface area contributed by atoms with Gasteiger partial charge in [0, 0.05) is 22.6 Å². The van der Waals surface area contributed by atoms with Crippen molar-refractivity contribution in [1.82, 2.24) is 14.8 Å². The zero-order valence-electron chi connectivity index (χ0n) is 17.0. The van der Waals surface area contributed by atoms with Crippen molar-refractivity contribution in [2.24, 2.45) is 5.92 Å². The zero-order chi connectivity index (χ0) is 22.0. The minimum Gasteiger partial charge on any atom is -0.392 e. The summed E-state index contributed by atoms with van der Waals surface area (Å²) in [4.78, 5) is 17.2. The molecular weight excluding hydrogens is 414 g/mol. The number of carbonyl (C=O) groups is 1. The van der Waals surface area contributed by atoms with Crippen LogP contribution in [-0.4, -0.2) is 31.9 Å². The van der Waals surface area contributed by atoms with E-state index in [1.165, 1.54) is 6.20 Å². The SMILES string of the molecule is Cc1c(C(=O)Nc2ccc(C3CC(C#N)CCC3O)nc2)cnn1-c1ccc(Cl)cc1. The Morgan fingerprint density at radius 3 is 2.68 bits per heavy atom. The van der Waals surface area contributed by atoms with Crippen molar-refractivity contribution in [2.75, 3.05) is 5.32 Å². The highest BCUT2D eigenvalue weighted by molar-refractivity contribution is 6.30. The van der Waals surface area contributed by atoms with Crippen LogP contribution in [-0.2, 0) is 0 Å². The smallest absolute Gasteiger partial charge is 0.259 e. The van der Waals surface area contributed by atoms with E-state index < -0.39 is 6.10 Å². The van der Waals surface area contributed by atoms with Crippen LogP contribution in [0.5, 0.6) is 0 Å². The van der Waals surface area contributed by atoms with Crippen molar-refractivity contribution in [3.05, 3.63) is 70.8 Å². The number of aliphatic hydroxyl groups is 1. The Hall–Kier alpha value is -3.21. The van der Waals surface area contributed by atoms with Gasteiger partial charge >= 0.3 is 0 Å². The van der Waals surface area contributed by atoms with Crippen molar-refractivity contribution in [2.45, 2.75) is 38.2 Å². The number of anilines is 1. The van der Waals surface area contributed by atoms with Gasteiger partial charge in [-0.3, -0.25) is 9.78 Å². The quantitative estimate of drug-likeness (QED) is 0.637. The molecule has 2 N–H and O–H groups in total. The van der Waals surface area contributed by atoms with Crippen LogP contribution in [0.3, 0.4) is 0 Å². The molecule has 0 saturated heterocycles. The molecule has 2 heterocycles. The van der Waals surface area contributed by atoms with Gasteiger partial charge in [0.25, 0.3) is 5.91 Å². The van der Waals surface area contributed by atoms with E-state index in [-0.39, 0.29) is 17.7 Å². The summed E-state index contributed by atoms with van der Waals surface area (Å²) in [5, 5.41) is 27.3. The number of halogens is 1. The average Bonchev–Trinajstić information content (AvgIpc) is 3.17. The molecule has 7 nitrogen and oxygen atoms in total. The summed E-state index contributed by atoms with van der Waals surface area (Å²) in [7, 11) is 0. The second-order valence-corrected chi connectivity index (χ2v) is 8.21. The maximum absolute atomic E-state index is 12.8. The number of amides is 1. The maximum Gasteiger partial charge on any atom is 0.259 e. The number of aromatic nitrogens is 3. The van der Waals surface area contributed by atoms with Crippen LogP contribution in [0.2, 0.25) is 5.02 Å². The summed E-state index contributed by atoms with van der Waals surface area (Å²) < 4.78 is 1.68. The van der Waals surface area contributed by atoms with Gasteiger partial charge in [-0.25, -0.2) is 4.68 Å². The number of benzene rings is 1. The van der Waals surface area contributed by atoms with Gasteiger partial charge in [0.15, 0.2) is 0 Å². The molecule has 3 aromatic rings. The first-order chi connectivity index (χ1) is 15.0. The topological polar surface area (TPSA) is 104 Å². The minimum absolute atomic E-state index is 0.0604. The molecule has 0 radical (unpaired) electrons. The van der Waals surface area contributed by atoms with Crippen LogP contribution >= 0.6 is 11.6 Å². The normalized spacial score (nSPS) is 20.8. The lowest BCUT2D eigenvalue weighted by molar-refractivity contribution is 0.0928. The molecule has 1 saturated carbocycles. The van der Waals surface area contributed by atoms with Crippen LogP contribution in [0.4, 0.5) is 5.69 Å². The summed E-state index contributed by atoms with van der Waals surface area (Å²) in [6.07, 6.45) is 4.51. The van der Waals surface area contributed by atoms with Gasteiger partial charge in [-0.2, -0.15) is 10.4 Å². The highest BCUT2D eigenvalue weighted by atomic mass is 35.5. The summed E-state index contributed by atoms with van der Waals surface area (Å²) in [5.41, 5.74) is 3.26. The lowest BCUT2D eigenvalue weighted by Gasteiger charge is -2.29. The second-order valence-electron chi connectivity index (χ2n) is 7.77. The summed E-state index contributed by atoms with van der Waals surface area (Å²) >= 11 is 5.94. The Kier molecular flexibility index (Phi) is 6.03. The van der Waals surface area contributed by atoms with E-state index in [0.717, 1.165) is 11.4 Å². The summed E-state index contributed by atoms with van der Waals surface area (Å²) in [6, 6.07) is 13.1. The van der Waals surface area contributed by atoms with Crippen molar-refractivity contribution >= 4 is 23.2 Å². The minimum atomic E-state index is -0.501. The predicted octanol–water partition coefficient (Wildman–Crippen LogP) is 4.25. The third-order valence-electron chi connectivity index (χ3n) is 5.75. The van der Waals surface area contributed by atoms with Gasteiger partial charge in [0.2, 0.25) is 0 Å².